The van der Waals surface area contributed by atoms with Crippen LogP contribution in [0.2, 0.25) is 0 Å². The largest absolute Gasteiger partial charge is 0.338 e. The number of aromatic nitrogens is 2. The maximum absolute atomic E-state index is 11.4. The van der Waals surface area contributed by atoms with Crippen molar-refractivity contribution in [3.8, 4) is 0 Å². The highest BCUT2D eigenvalue weighted by molar-refractivity contribution is 7.97. The fourth-order valence-electron chi connectivity index (χ4n) is 1.08. The molecule has 0 bridgehead atoms. The SMILES string of the molecule is O=c1cc[nH]c(=O)n1Sc1ccccc1. The van der Waals surface area contributed by atoms with E-state index in [1.165, 1.54) is 12.3 Å². The van der Waals surface area contributed by atoms with E-state index in [-0.39, 0.29) is 5.56 Å². The zero-order valence-electron chi connectivity index (χ0n) is 7.71. The molecule has 76 valence electrons. The van der Waals surface area contributed by atoms with Crippen LogP contribution in [0.5, 0.6) is 0 Å². The zero-order chi connectivity index (χ0) is 10.7. The van der Waals surface area contributed by atoms with E-state index in [0.717, 1.165) is 20.8 Å². The summed E-state index contributed by atoms with van der Waals surface area (Å²) in [6.45, 7) is 0. The summed E-state index contributed by atoms with van der Waals surface area (Å²) in [6.07, 6.45) is 1.34. The van der Waals surface area contributed by atoms with Gasteiger partial charge in [0.1, 0.15) is 0 Å². The zero-order valence-corrected chi connectivity index (χ0v) is 8.53. The number of hydrogen-bond acceptors (Lipinski definition) is 3. The molecule has 0 atom stereocenters. The average molecular weight is 220 g/mol. The van der Waals surface area contributed by atoms with Gasteiger partial charge in [-0.1, -0.05) is 18.2 Å². The first-order chi connectivity index (χ1) is 7.27. The lowest BCUT2D eigenvalue weighted by molar-refractivity contribution is 0.976. The number of aromatic amines is 1. The van der Waals surface area contributed by atoms with Crippen LogP contribution in [-0.2, 0) is 0 Å². The van der Waals surface area contributed by atoms with Crippen LogP contribution in [0, 0.1) is 0 Å². The summed E-state index contributed by atoms with van der Waals surface area (Å²) in [4.78, 5) is 26.0. The number of hydrogen-bond donors (Lipinski definition) is 1. The van der Waals surface area contributed by atoms with Gasteiger partial charge in [0.15, 0.2) is 0 Å². The predicted octanol–water partition coefficient (Wildman–Crippen LogP) is 1.09. The number of benzene rings is 1. The quantitative estimate of drug-likeness (QED) is 0.824. The third-order valence-corrected chi connectivity index (χ3v) is 2.77. The molecule has 0 amide bonds. The Labute approximate surface area is 89.7 Å². The lowest BCUT2D eigenvalue weighted by atomic mass is 10.4. The molecule has 0 spiro atoms. The van der Waals surface area contributed by atoms with Crippen LogP contribution in [0.1, 0.15) is 0 Å². The van der Waals surface area contributed by atoms with E-state index in [2.05, 4.69) is 4.98 Å². The van der Waals surface area contributed by atoms with E-state index in [0.29, 0.717) is 0 Å². The first kappa shape index (κ1) is 9.79. The van der Waals surface area contributed by atoms with Crippen LogP contribution < -0.4 is 11.2 Å². The Morgan fingerprint density at radius 2 is 1.80 bits per heavy atom. The van der Waals surface area contributed by atoms with Gasteiger partial charge in [-0.3, -0.25) is 4.79 Å². The maximum atomic E-state index is 11.4. The van der Waals surface area contributed by atoms with Crippen molar-refractivity contribution in [2.24, 2.45) is 0 Å². The molecule has 2 rings (SSSR count). The highest BCUT2D eigenvalue weighted by Gasteiger charge is 2.01. The fraction of sp³-hybridized carbons (Fsp3) is 0. The van der Waals surface area contributed by atoms with Gasteiger partial charge in [0.25, 0.3) is 5.56 Å². The van der Waals surface area contributed by atoms with Gasteiger partial charge in [-0.2, -0.15) is 3.97 Å². The Balaban J connectivity index is 2.41. The molecule has 1 N–H and O–H groups in total. The summed E-state index contributed by atoms with van der Waals surface area (Å²) in [5.74, 6) is 0. The average Bonchev–Trinajstić information content (AvgIpc) is 2.25. The minimum Gasteiger partial charge on any atom is -0.313 e. The Bertz CT molecular complexity index is 531. The fourth-order valence-corrected chi connectivity index (χ4v) is 1.86. The van der Waals surface area contributed by atoms with Crippen molar-refractivity contribution in [1.29, 1.82) is 0 Å². The Hall–Kier alpha value is -1.75. The van der Waals surface area contributed by atoms with Gasteiger partial charge >= 0.3 is 5.69 Å². The normalized spacial score (nSPS) is 10.1. The van der Waals surface area contributed by atoms with Gasteiger partial charge in [0.2, 0.25) is 0 Å². The second kappa shape index (κ2) is 4.18. The molecule has 5 heteroatoms. The molecule has 4 nitrogen and oxygen atoms in total. The summed E-state index contributed by atoms with van der Waals surface area (Å²) in [7, 11) is 0. The van der Waals surface area contributed by atoms with E-state index >= 15 is 0 Å². The third kappa shape index (κ3) is 2.19. The number of H-pyrrole nitrogens is 1. The predicted molar refractivity (Wildman–Crippen MR) is 59.0 cm³/mol. The van der Waals surface area contributed by atoms with Gasteiger partial charge in [-0.15, -0.1) is 0 Å². The van der Waals surface area contributed by atoms with Crippen molar-refractivity contribution in [2.75, 3.05) is 0 Å². The molecule has 0 fully saturated rings. The molecule has 0 aliphatic rings. The van der Waals surface area contributed by atoms with Crippen molar-refractivity contribution >= 4 is 11.9 Å². The first-order valence-electron chi connectivity index (χ1n) is 4.31. The number of nitrogens with zero attached hydrogens (tertiary/aromatic N) is 1. The number of rotatable bonds is 2. The Kier molecular flexibility index (Phi) is 2.73. The van der Waals surface area contributed by atoms with Crippen molar-refractivity contribution in [2.45, 2.75) is 4.90 Å². The van der Waals surface area contributed by atoms with Gasteiger partial charge in [-0.05, 0) is 24.1 Å². The molecule has 15 heavy (non-hydrogen) atoms. The van der Waals surface area contributed by atoms with E-state index in [9.17, 15) is 9.59 Å². The van der Waals surface area contributed by atoms with E-state index in [1.807, 2.05) is 30.3 Å². The molecule has 0 saturated heterocycles. The van der Waals surface area contributed by atoms with Crippen molar-refractivity contribution in [3.05, 3.63) is 63.4 Å². The second-order valence-electron chi connectivity index (χ2n) is 2.82. The summed E-state index contributed by atoms with van der Waals surface area (Å²) in [6, 6.07) is 10.6. The van der Waals surface area contributed by atoms with Gasteiger partial charge in [0, 0.05) is 17.2 Å². The highest BCUT2D eigenvalue weighted by Crippen LogP contribution is 2.15. The summed E-state index contributed by atoms with van der Waals surface area (Å²) in [5, 5.41) is 0. The lowest BCUT2D eigenvalue weighted by Crippen LogP contribution is -2.29. The molecule has 1 heterocycles. The molecule has 0 radical (unpaired) electrons. The summed E-state index contributed by atoms with van der Waals surface area (Å²) < 4.78 is 1.08. The third-order valence-electron chi connectivity index (χ3n) is 1.76. The molecule has 1 aromatic carbocycles. The topological polar surface area (TPSA) is 54.9 Å². The van der Waals surface area contributed by atoms with E-state index in [1.54, 1.807) is 0 Å². The van der Waals surface area contributed by atoms with E-state index < -0.39 is 5.69 Å². The smallest absolute Gasteiger partial charge is 0.313 e. The Morgan fingerprint density at radius 1 is 1.07 bits per heavy atom. The van der Waals surface area contributed by atoms with Crippen molar-refractivity contribution in [1.82, 2.24) is 8.96 Å². The van der Waals surface area contributed by atoms with Crippen LogP contribution >= 0.6 is 11.9 Å². The van der Waals surface area contributed by atoms with E-state index in [4.69, 9.17) is 0 Å². The second-order valence-corrected chi connectivity index (χ2v) is 3.84. The van der Waals surface area contributed by atoms with Crippen LogP contribution in [0.4, 0.5) is 0 Å². The number of nitrogens with one attached hydrogen (secondary N) is 1. The summed E-state index contributed by atoms with van der Waals surface area (Å²) in [5.41, 5.74) is -0.746. The van der Waals surface area contributed by atoms with Crippen molar-refractivity contribution in [3.63, 3.8) is 0 Å². The molecule has 0 saturated carbocycles. The lowest BCUT2D eigenvalue weighted by Gasteiger charge is -2.01. The van der Waals surface area contributed by atoms with Gasteiger partial charge < -0.3 is 4.98 Å². The van der Waals surface area contributed by atoms with Crippen LogP contribution in [-0.4, -0.2) is 8.96 Å². The van der Waals surface area contributed by atoms with Crippen LogP contribution in [0.3, 0.4) is 0 Å². The molecule has 0 unspecified atom stereocenters. The van der Waals surface area contributed by atoms with Crippen LogP contribution in [0.15, 0.2) is 57.1 Å². The molecular formula is C10H8N2O2S. The minimum absolute atomic E-state index is 0.326. The molecule has 0 aliphatic heterocycles. The molecule has 0 aliphatic carbocycles. The maximum Gasteiger partial charge on any atom is 0.338 e. The van der Waals surface area contributed by atoms with Gasteiger partial charge in [0.05, 0.1) is 0 Å². The summed E-state index contributed by atoms with van der Waals surface area (Å²) >= 11 is 1.10. The minimum atomic E-state index is -0.420. The van der Waals surface area contributed by atoms with Crippen molar-refractivity contribution < 1.29 is 0 Å². The monoisotopic (exact) mass is 220 g/mol. The first-order valence-corrected chi connectivity index (χ1v) is 5.09. The standard InChI is InChI=1S/C10H8N2O2S/c13-9-6-7-11-10(14)12(9)15-8-4-2-1-3-5-8/h1-7H,(H,11,14). The molecule has 2 aromatic rings. The molecular weight excluding hydrogens is 212 g/mol. The highest BCUT2D eigenvalue weighted by atomic mass is 32.2. The van der Waals surface area contributed by atoms with Crippen LogP contribution in [0.25, 0.3) is 0 Å². The molecule has 1 aromatic heterocycles. The van der Waals surface area contributed by atoms with Gasteiger partial charge in [-0.25, -0.2) is 4.79 Å². The Morgan fingerprint density at radius 3 is 2.47 bits per heavy atom.